The summed E-state index contributed by atoms with van der Waals surface area (Å²) in [6.45, 7) is 4.29. The number of aryl methyl sites for hydroxylation is 1. The van der Waals surface area contributed by atoms with Gasteiger partial charge >= 0.3 is 5.69 Å². The molecule has 1 unspecified atom stereocenters. The third kappa shape index (κ3) is 3.79. The summed E-state index contributed by atoms with van der Waals surface area (Å²) < 4.78 is 3.09. The van der Waals surface area contributed by atoms with Crippen molar-refractivity contribution in [3.63, 3.8) is 0 Å². The minimum absolute atomic E-state index is 0. The van der Waals surface area contributed by atoms with Crippen LogP contribution in [0.1, 0.15) is 26.2 Å². The number of aromatic nitrogens is 2. The van der Waals surface area contributed by atoms with Crippen molar-refractivity contribution in [3.05, 3.63) is 25.1 Å². The third-order valence-corrected chi connectivity index (χ3v) is 6.34. The molecule has 2 heterocycles. The molecule has 1 aliphatic heterocycles. The number of hydrogen-bond acceptors (Lipinski definition) is 5. The first-order chi connectivity index (χ1) is 11.4. The molecule has 25 heavy (non-hydrogen) atoms. The molecule has 1 atom stereocenters. The van der Waals surface area contributed by atoms with Crippen molar-refractivity contribution in [1.82, 2.24) is 9.55 Å². The fraction of sp³-hybridized carbons (Fsp3) is 0.533. The van der Waals surface area contributed by atoms with Crippen molar-refractivity contribution in [2.24, 2.45) is 5.73 Å². The van der Waals surface area contributed by atoms with Gasteiger partial charge in [0.2, 0.25) is 5.95 Å². The molecule has 2 aromatic rings. The maximum absolute atomic E-state index is 11.6. The molecule has 1 aromatic carbocycles. The maximum Gasteiger partial charge on any atom is 0.312 e. The lowest BCUT2D eigenvalue weighted by Crippen LogP contribution is -2.37. The van der Waals surface area contributed by atoms with Gasteiger partial charge in [-0.3, -0.25) is 10.1 Å². The second-order valence-corrected chi connectivity index (χ2v) is 7.65. The highest BCUT2D eigenvalue weighted by Gasteiger charge is 2.28. The number of nitro groups is 1. The molecule has 1 aromatic heterocycles. The normalized spacial score (nSPS) is 18.1. The lowest BCUT2D eigenvalue weighted by atomic mass is 10.2. The van der Waals surface area contributed by atoms with Crippen LogP contribution in [-0.2, 0) is 6.54 Å². The highest BCUT2D eigenvalue weighted by Crippen LogP contribution is 2.40. The smallest absolute Gasteiger partial charge is 0.312 e. The van der Waals surface area contributed by atoms with Gasteiger partial charge in [-0.1, -0.05) is 6.42 Å². The van der Waals surface area contributed by atoms with Gasteiger partial charge in [0.15, 0.2) is 5.52 Å². The van der Waals surface area contributed by atoms with Crippen molar-refractivity contribution < 1.29 is 4.92 Å². The number of nitrogens with zero attached hydrogens (tertiary/aromatic N) is 4. The van der Waals surface area contributed by atoms with Crippen molar-refractivity contribution in [2.45, 2.75) is 38.8 Å². The van der Waals surface area contributed by atoms with Crippen molar-refractivity contribution in [2.75, 3.05) is 18.0 Å². The number of hydrogen-bond donors (Lipinski definition) is 1. The van der Waals surface area contributed by atoms with Crippen LogP contribution >= 0.6 is 44.3 Å². The quantitative estimate of drug-likeness (QED) is 0.506. The predicted octanol–water partition coefficient (Wildman–Crippen LogP) is 4.23. The van der Waals surface area contributed by atoms with Crippen LogP contribution in [0, 0.1) is 10.1 Å². The number of rotatable bonds is 3. The number of benzene rings is 1. The van der Waals surface area contributed by atoms with Crippen LogP contribution in [0.2, 0.25) is 0 Å². The van der Waals surface area contributed by atoms with Gasteiger partial charge in [-0.15, -0.1) is 12.4 Å². The van der Waals surface area contributed by atoms with Crippen LogP contribution < -0.4 is 10.6 Å². The van der Waals surface area contributed by atoms with E-state index in [9.17, 15) is 10.1 Å². The molecule has 0 spiro atoms. The van der Waals surface area contributed by atoms with Gasteiger partial charge in [0.25, 0.3) is 0 Å². The minimum Gasteiger partial charge on any atom is -0.341 e. The van der Waals surface area contributed by atoms with E-state index < -0.39 is 0 Å². The molecular weight excluding hydrogens is 477 g/mol. The van der Waals surface area contributed by atoms with Crippen molar-refractivity contribution >= 4 is 66.9 Å². The molecule has 0 bridgehead atoms. The highest BCUT2D eigenvalue weighted by atomic mass is 79.9. The second kappa shape index (κ2) is 8.20. The predicted molar refractivity (Wildman–Crippen MR) is 109 cm³/mol. The Bertz CT molecular complexity index is 798. The zero-order valence-electron chi connectivity index (χ0n) is 13.7. The molecule has 10 heteroatoms. The van der Waals surface area contributed by atoms with E-state index in [1.165, 1.54) is 0 Å². The largest absolute Gasteiger partial charge is 0.341 e. The molecule has 2 N–H and O–H groups in total. The van der Waals surface area contributed by atoms with E-state index in [-0.39, 0.29) is 29.1 Å². The first-order valence-electron chi connectivity index (χ1n) is 7.97. The molecule has 1 fully saturated rings. The molecule has 1 saturated heterocycles. The van der Waals surface area contributed by atoms with Gasteiger partial charge < -0.3 is 15.2 Å². The van der Waals surface area contributed by atoms with Crippen molar-refractivity contribution in [1.29, 1.82) is 0 Å². The first kappa shape index (κ1) is 20.4. The van der Waals surface area contributed by atoms with Crippen molar-refractivity contribution in [3.8, 4) is 0 Å². The number of nitrogens with two attached hydrogens (primary N) is 1. The van der Waals surface area contributed by atoms with Gasteiger partial charge in [0.05, 0.1) is 10.4 Å². The SMILES string of the molecule is CCn1c(N2CCCCC(N)C2)nc2c([N+](=O)[O-])c(Br)c(Br)cc21.Cl. The zero-order chi connectivity index (χ0) is 17.4. The van der Waals surface area contributed by atoms with Crippen LogP contribution in [0.4, 0.5) is 11.6 Å². The molecule has 0 radical (unpaired) electrons. The van der Waals surface area contributed by atoms with E-state index in [1.807, 2.05) is 17.6 Å². The summed E-state index contributed by atoms with van der Waals surface area (Å²) in [5.41, 5.74) is 7.33. The lowest BCUT2D eigenvalue weighted by molar-refractivity contribution is -0.384. The Balaban J connectivity index is 0.00000225. The molecule has 138 valence electrons. The van der Waals surface area contributed by atoms with Crippen LogP contribution in [0.15, 0.2) is 15.0 Å². The molecular formula is C15H20Br2ClN5O2. The summed E-state index contributed by atoms with van der Waals surface area (Å²) in [6.07, 6.45) is 3.15. The van der Waals surface area contributed by atoms with Crippen LogP contribution in [0.3, 0.4) is 0 Å². The number of imidazole rings is 1. The third-order valence-electron chi connectivity index (χ3n) is 4.38. The average molecular weight is 498 g/mol. The first-order valence-corrected chi connectivity index (χ1v) is 9.55. The molecule has 7 nitrogen and oxygen atoms in total. The molecule has 1 aliphatic rings. The van der Waals surface area contributed by atoms with Crippen LogP contribution in [-0.4, -0.2) is 33.6 Å². The maximum atomic E-state index is 11.6. The Morgan fingerprint density at radius 3 is 2.80 bits per heavy atom. The molecule has 0 saturated carbocycles. The van der Waals surface area contributed by atoms with Crippen LogP contribution in [0.25, 0.3) is 11.0 Å². The fourth-order valence-corrected chi connectivity index (χ4v) is 4.10. The Kier molecular flexibility index (Phi) is 6.69. The lowest BCUT2D eigenvalue weighted by Gasteiger charge is -2.24. The Labute approximate surface area is 168 Å². The van der Waals surface area contributed by atoms with E-state index in [2.05, 4.69) is 41.7 Å². The van der Waals surface area contributed by atoms with E-state index in [0.29, 0.717) is 21.0 Å². The Hall–Kier alpha value is -0.900. The summed E-state index contributed by atoms with van der Waals surface area (Å²) in [5, 5.41) is 11.6. The molecule has 0 amide bonds. The van der Waals surface area contributed by atoms with E-state index in [1.54, 1.807) is 0 Å². The summed E-state index contributed by atoms with van der Waals surface area (Å²) in [7, 11) is 0. The number of fused-ring (bicyclic) bond motifs is 1. The van der Waals surface area contributed by atoms with Gasteiger partial charge in [0, 0.05) is 30.1 Å². The van der Waals surface area contributed by atoms with Gasteiger partial charge in [-0.05, 0) is 57.7 Å². The summed E-state index contributed by atoms with van der Waals surface area (Å²) in [6, 6.07) is 1.98. The molecule has 3 rings (SSSR count). The minimum atomic E-state index is -0.387. The number of halogens is 3. The fourth-order valence-electron chi connectivity index (χ4n) is 3.25. The van der Waals surface area contributed by atoms with Crippen LogP contribution in [0.5, 0.6) is 0 Å². The van der Waals surface area contributed by atoms with E-state index >= 15 is 0 Å². The Morgan fingerprint density at radius 1 is 1.44 bits per heavy atom. The summed E-state index contributed by atoms with van der Waals surface area (Å²) in [4.78, 5) is 18.0. The average Bonchev–Trinajstić information content (AvgIpc) is 2.73. The van der Waals surface area contributed by atoms with E-state index in [4.69, 9.17) is 5.73 Å². The van der Waals surface area contributed by atoms with Gasteiger partial charge in [0.1, 0.15) is 4.47 Å². The van der Waals surface area contributed by atoms with E-state index in [0.717, 1.165) is 43.8 Å². The molecule has 0 aliphatic carbocycles. The second-order valence-electron chi connectivity index (χ2n) is 6.00. The number of anilines is 1. The monoisotopic (exact) mass is 495 g/mol. The van der Waals surface area contributed by atoms with Gasteiger partial charge in [-0.2, -0.15) is 0 Å². The summed E-state index contributed by atoms with van der Waals surface area (Å²) in [5.74, 6) is 0.762. The zero-order valence-corrected chi connectivity index (χ0v) is 17.7. The Morgan fingerprint density at radius 2 is 2.16 bits per heavy atom. The highest BCUT2D eigenvalue weighted by molar-refractivity contribution is 9.13. The van der Waals surface area contributed by atoms with Gasteiger partial charge in [-0.25, -0.2) is 4.98 Å². The topological polar surface area (TPSA) is 90.2 Å². The standard InChI is InChI=1S/C15H19Br2N5O2.ClH/c1-2-21-11-7-10(16)12(17)14(22(23)24)13(11)19-15(21)20-6-4-3-5-9(18)8-20;/h7,9H,2-6,8,18H2,1H3;1H. The number of nitro benzene ring substituents is 1. The summed E-state index contributed by atoms with van der Waals surface area (Å²) >= 11 is 6.70.